The van der Waals surface area contributed by atoms with Crippen molar-refractivity contribution in [2.45, 2.75) is 11.7 Å². The number of halogens is 1. The van der Waals surface area contributed by atoms with Crippen LogP contribution < -0.4 is 0 Å². The fourth-order valence-electron chi connectivity index (χ4n) is 0.528. The maximum atomic E-state index is 10.6. The van der Waals surface area contributed by atoms with Crippen molar-refractivity contribution in [3.05, 3.63) is 0 Å². The van der Waals surface area contributed by atoms with Gasteiger partial charge in [0.25, 0.3) is 0 Å². The summed E-state index contributed by atoms with van der Waals surface area (Å²) in [6.07, 6.45) is 1.19. The lowest BCUT2D eigenvalue weighted by Gasteiger charge is -2.21. The van der Waals surface area contributed by atoms with Crippen LogP contribution in [0.25, 0.3) is 0 Å². The van der Waals surface area contributed by atoms with Crippen LogP contribution in [-0.2, 0) is 10.8 Å². The highest BCUT2D eigenvalue weighted by atomic mass is 127. The summed E-state index contributed by atoms with van der Waals surface area (Å²) in [5.41, 5.74) is 0. The molecule has 0 aromatic rings. The predicted molar refractivity (Wildman–Crippen MR) is 40.3 cm³/mol. The maximum absolute atomic E-state index is 10.6. The van der Waals surface area contributed by atoms with Gasteiger partial charge in [-0.2, -0.15) is 0 Å². The molecule has 0 aliphatic carbocycles. The fourth-order valence-corrected chi connectivity index (χ4v) is 3.07. The van der Waals surface area contributed by atoms with Crippen LogP contribution in [0.2, 0.25) is 0 Å². The summed E-state index contributed by atoms with van der Waals surface area (Å²) in [6, 6.07) is 0. The second-order valence-corrected chi connectivity index (χ2v) is 4.37. The first-order valence-corrected chi connectivity index (χ1v) is 5.18. The lowest BCUT2D eigenvalue weighted by Crippen LogP contribution is -2.31. The van der Waals surface area contributed by atoms with Gasteiger partial charge in [0.15, 0.2) is 0 Å². The van der Waals surface area contributed by atoms with Gasteiger partial charge in [0.1, 0.15) is 0 Å². The lowest BCUT2D eigenvalue weighted by molar-refractivity contribution is 0.652. The third-order valence-electron chi connectivity index (χ3n) is 1.18. The summed E-state index contributed by atoms with van der Waals surface area (Å²) in [5.74, 6) is 0.952. The van der Waals surface area contributed by atoms with Gasteiger partial charge in [0.05, 0.1) is 0 Å². The Hall–Kier alpha value is 0.880. The molecule has 1 nitrogen and oxygen atoms in total. The van der Waals surface area contributed by atoms with Crippen LogP contribution in [0.1, 0.15) is 6.42 Å². The molecule has 1 fully saturated rings. The van der Waals surface area contributed by atoms with Gasteiger partial charge in [0.2, 0.25) is 0 Å². The molecule has 1 aliphatic rings. The number of hydrogen-bond acceptors (Lipinski definition) is 1. The molecule has 2 atom stereocenters. The Balaban J connectivity index is 2.29. The topological polar surface area (TPSA) is 17.1 Å². The molecule has 7 heavy (non-hydrogen) atoms. The van der Waals surface area contributed by atoms with Gasteiger partial charge < -0.3 is 0 Å². The minimum atomic E-state index is -0.437. The van der Waals surface area contributed by atoms with Crippen molar-refractivity contribution in [1.29, 1.82) is 0 Å². The molecule has 0 amide bonds. The third-order valence-corrected chi connectivity index (χ3v) is 4.63. The molecular formula is C4H7IOS. The summed E-state index contributed by atoms with van der Waals surface area (Å²) < 4.78 is 11.6. The van der Waals surface area contributed by atoms with Crippen LogP contribution in [0.5, 0.6) is 0 Å². The Labute approximate surface area is 59.5 Å². The monoisotopic (exact) mass is 230 g/mol. The van der Waals surface area contributed by atoms with E-state index < -0.39 is 10.8 Å². The Morgan fingerprint density at radius 1 is 1.86 bits per heavy atom. The van der Waals surface area contributed by atoms with Gasteiger partial charge in [-0.25, -0.2) is 0 Å². The maximum Gasteiger partial charge on any atom is 0.0446 e. The molecule has 0 aromatic heterocycles. The predicted octanol–water partition coefficient (Wildman–Crippen LogP) is 0.942. The Morgan fingerprint density at radius 2 is 2.57 bits per heavy atom. The van der Waals surface area contributed by atoms with Crippen molar-refractivity contribution in [3.8, 4) is 0 Å². The molecule has 0 spiro atoms. The van der Waals surface area contributed by atoms with Gasteiger partial charge in [-0.15, -0.1) is 0 Å². The summed E-state index contributed by atoms with van der Waals surface area (Å²) in [6.45, 7) is 0. The minimum absolute atomic E-state index is 0.437. The first kappa shape index (κ1) is 6.01. The Morgan fingerprint density at radius 3 is 2.57 bits per heavy atom. The van der Waals surface area contributed by atoms with E-state index in [-0.39, 0.29) is 0 Å². The molecule has 2 unspecified atom stereocenters. The molecule has 0 radical (unpaired) electrons. The minimum Gasteiger partial charge on any atom is -0.259 e. The average molecular weight is 230 g/mol. The summed E-state index contributed by atoms with van der Waals surface area (Å²) in [7, 11) is -0.437. The van der Waals surface area contributed by atoms with E-state index in [9.17, 15) is 4.21 Å². The largest absolute Gasteiger partial charge is 0.259 e. The van der Waals surface area contributed by atoms with Crippen molar-refractivity contribution in [2.24, 2.45) is 0 Å². The van der Waals surface area contributed by atoms with Crippen LogP contribution in [0.4, 0.5) is 0 Å². The van der Waals surface area contributed by atoms with Crippen molar-refractivity contribution >= 4 is 33.4 Å². The van der Waals surface area contributed by atoms with Gasteiger partial charge in [0, 0.05) is 26.2 Å². The number of alkyl halides is 1. The van der Waals surface area contributed by atoms with Crippen LogP contribution in [0, 0.1) is 0 Å². The second-order valence-electron chi connectivity index (χ2n) is 1.65. The molecule has 3 heteroatoms. The van der Waals surface area contributed by atoms with E-state index in [0.29, 0.717) is 5.25 Å². The Bertz CT molecular complexity index is 91.7. The first-order chi connectivity index (χ1) is 3.34. The summed E-state index contributed by atoms with van der Waals surface area (Å²) in [4.78, 5) is 0. The summed E-state index contributed by atoms with van der Waals surface area (Å²) >= 11 is 2.29. The van der Waals surface area contributed by atoms with Crippen molar-refractivity contribution in [2.75, 3.05) is 10.2 Å². The Kier molecular flexibility index (Phi) is 2.09. The van der Waals surface area contributed by atoms with E-state index in [0.717, 1.165) is 10.2 Å². The van der Waals surface area contributed by atoms with Gasteiger partial charge in [-0.3, -0.25) is 4.21 Å². The van der Waals surface area contributed by atoms with E-state index in [1.54, 1.807) is 0 Å². The van der Waals surface area contributed by atoms with Crippen molar-refractivity contribution in [3.63, 3.8) is 0 Å². The van der Waals surface area contributed by atoms with E-state index in [4.69, 9.17) is 0 Å². The van der Waals surface area contributed by atoms with E-state index in [1.807, 2.05) is 0 Å². The molecule has 1 saturated heterocycles. The number of rotatable bonds is 1. The highest BCUT2D eigenvalue weighted by Gasteiger charge is 2.24. The van der Waals surface area contributed by atoms with Crippen LogP contribution in [0.15, 0.2) is 0 Å². The normalized spacial score (nSPS) is 40.1. The first-order valence-electron chi connectivity index (χ1n) is 2.27. The van der Waals surface area contributed by atoms with E-state index in [2.05, 4.69) is 22.6 Å². The average Bonchev–Trinajstić information content (AvgIpc) is 1.65. The lowest BCUT2D eigenvalue weighted by atomic mass is 10.3. The van der Waals surface area contributed by atoms with Crippen molar-refractivity contribution < 1.29 is 4.21 Å². The molecule has 0 bridgehead atoms. The van der Waals surface area contributed by atoms with Gasteiger partial charge in [-0.05, 0) is 6.42 Å². The molecular weight excluding hydrogens is 223 g/mol. The quantitative estimate of drug-likeness (QED) is 0.484. The molecule has 0 aromatic carbocycles. The fraction of sp³-hybridized carbons (Fsp3) is 1.00. The zero-order valence-electron chi connectivity index (χ0n) is 3.89. The molecule has 42 valence electrons. The molecule has 0 saturated carbocycles. The summed E-state index contributed by atoms with van der Waals surface area (Å²) in [5, 5.41) is 0.542. The zero-order valence-corrected chi connectivity index (χ0v) is 6.87. The van der Waals surface area contributed by atoms with Crippen molar-refractivity contribution in [1.82, 2.24) is 0 Å². The molecule has 1 heterocycles. The standard InChI is InChI=1S/C4H7IOS/c5-3-4-1-2-7(4)6/h4H,1-3H2. The van der Waals surface area contributed by atoms with E-state index in [1.165, 1.54) is 6.42 Å². The second kappa shape index (κ2) is 2.44. The third kappa shape index (κ3) is 1.16. The van der Waals surface area contributed by atoms with Crippen LogP contribution in [0.3, 0.4) is 0 Å². The van der Waals surface area contributed by atoms with Crippen LogP contribution in [-0.4, -0.2) is 19.6 Å². The molecule has 1 rings (SSSR count). The molecule has 1 aliphatic heterocycles. The van der Waals surface area contributed by atoms with Gasteiger partial charge >= 0.3 is 0 Å². The zero-order chi connectivity index (χ0) is 5.28. The number of hydrogen-bond donors (Lipinski definition) is 0. The highest BCUT2D eigenvalue weighted by molar-refractivity contribution is 14.1. The SMILES string of the molecule is O=S1CCC1CI. The van der Waals surface area contributed by atoms with Gasteiger partial charge in [-0.1, -0.05) is 22.6 Å². The van der Waals surface area contributed by atoms with Crippen LogP contribution >= 0.6 is 22.6 Å². The smallest absolute Gasteiger partial charge is 0.0446 e. The highest BCUT2D eigenvalue weighted by Crippen LogP contribution is 2.17. The molecule has 0 N–H and O–H groups in total. The van der Waals surface area contributed by atoms with E-state index >= 15 is 0 Å².